The van der Waals surface area contributed by atoms with E-state index < -0.39 is 36.2 Å². The number of nitrogens with one attached hydrogen (secondary N) is 3. The number of hydrogen-bond acceptors (Lipinski definition) is 6. The Morgan fingerprint density at radius 1 is 1.05 bits per heavy atom. The maximum absolute atomic E-state index is 14.3. The van der Waals surface area contributed by atoms with Gasteiger partial charge in [0.05, 0.1) is 6.04 Å². The molecule has 0 radical (unpaired) electrons. The molecule has 10 nitrogen and oxygen atoms in total. The number of likely N-dealkylation sites (tertiary alicyclic amines) is 1. The minimum absolute atomic E-state index is 0.0876. The van der Waals surface area contributed by atoms with Crippen molar-refractivity contribution in [1.29, 1.82) is 0 Å². The smallest absolute Gasteiger partial charge is 0.247 e. The highest BCUT2D eigenvalue weighted by Crippen LogP contribution is 2.27. The molecule has 238 valence electrons. The third-order valence-electron chi connectivity index (χ3n) is 8.69. The first-order valence-corrected chi connectivity index (χ1v) is 15.7. The molecule has 10 heteroatoms. The highest BCUT2D eigenvalue weighted by atomic mass is 16.5. The normalized spacial score (nSPS) is 24.2. The van der Waals surface area contributed by atoms with E-state index in [0.29, 0.717) is 25.0 Å². The first kappa shape index (κ1) is 34.1. The van der Waals surface area contributed by atoms with E-state index in [2.05, 4.69) is 16.0 Å². The number of likely N-dealkylation sites (N-methyl/N-ethyl adjacent to an activating group) is 1. The summed E-state index contributed by atoms with van der Waals surface area (Å²) in [4.78, 5) is 58.4. The molecular weight excluding hydrogens is 546 g/mol. The largest absolute Gasteiger partial charge is 0.488 e. The van der Waals surface area contributed by atoms with Crippen molar-refractivity contribution in [2.24, 2.45) is 17.8 Å². The van der Waals surface area contributed by atoms with E-state index in [4.69, 9.17) is 4.74 Å². The van der Waals surface area contributed by atoms with Crippen LogP contribution in [0.1, 0.15) is 72.8 Å². The number of ether oxygens (including phenoxy) is 1. The molecule has 3 aliphatic heterocycles. The fourth-order valence-electron chi connectivity index (χ4n) is 5.90. The zero-order chi connectivity index (χ0) is 31.8. The van der Waals surface area contributed by atoms with Crippen molar-refractivity contribution in [1.82, 2.24) is 25.8 Å². The van der Waals surface area contributed by atoms with E-state index in [1.54, 1.807) is 12.3 Å². The maximum atomic E-state index is 14.3. The Labute approximate surface area is 257 Å². The van der Waals surface area contributed by atoms with Gasteiger partial charge in [-0.2, -0.15) is 0 Å². The summed E-state index contributed by atoms with van der Waals surface area (Å²) in [5.41, 5.74) is 0.884. The maximum Gasteiger partial charge on any atom is 0.247 e. The molecule has 3 heterocycles. The second-order valence-electron chi connectivity index (χ2n) is 12.7. The third-order valence-corrected chi connectivity index (χ3v) is 8.69. The highest BCUT2D eigenvalue weighted by molar-refractivity contribution is 5.96. The molecule has 0 saturated carbocycles. The van der Waals surface area contributed by atoms with Crippen LogP contribution in [0.25, 0.3) is 6.08 Å². The highest BCUT2D eigenvalue weighted by Gasteiger charge is 2.47. The van der Waals surface area contributed by atoms with Gasteiger partial charge in [-0.15, -0.1) is 0 Å². The minimum atomic E-state index is -0.976. The van der Waals surface area contributed by atoms with Crippen LogP contribution in [-0.2, 0) is 19.2 Å². The van der Waals surface area contributed by atoms with E-state index in [1.807, 2.05) is 84.8 Å². The zero-order valence-corrected chi connectivity index (χ0v) is 27.1. The van der Waals surface area contributed by atoms with E-state index in [0.717, 1.165) is 12.0 Å². The lowest BCUT2D eigenvalue weighted by Crippen LogP contribution is -2.60. The lowest BCUT2D eigenvalue weighted by Gasteiger charge is -2.34. The van der Waals surface area contributed by atoms with Crippen LogP contribution in [0.3, 0.4) is 0 Å². The van der Waals surface area contributed by atoms with Crippen LogP contribution in [0.2, 0.25) is 0 Å². The second kappa shape index (κ2) is 15.4. The number of hydrogen-bond donors (Lipinski definition) is 3. The molecule has 43 heavy (non-hydrogen) atoms. The molecule has 7 atom stereocenters. The zero-order valence-electron chi connectivity index (χ0n) is 27.1. The van der Waals surface area contributed by atoms with Gasteiger partial charge in [0.25, 0.3) is 0 Å². The van der Waals surface area contributed by atoms with Crippen LogP contribution in [0, 0.1) is 17.8 Å². The van der Waals surface area contributed by atoms with E-state index in [-0.39, 0.29) is 42.0 Å². The van der Waals surface area contributed by atoms with Gasteiger partial charge < -0.3 is 25.6 Å². The Hall–Kier alpha value is -3.40. The molecule has 2 bridgehead atoms. The van der Waals surface area contributed by atoms with E-state index in [1.165, 1.54) is 4.90 Å². The van der Waals surface area contributed by atoms with Gasteiger partial charge in [0.15, 0.2) is 0 Å². The van der Waals surface area contributed by atoms with Crippen molar-refractivity contribution in [3.63, 3.8) is 0 Å². The topological polar surface area (TPSA) is 120 Å². The van der Waals surface area contributed by atoms with Crippen molar-refractivity contribution in [3.05, 3.63) is 36.0 Å². The van der Waals surface area contributed by atoms with Crippen molar-refractivity contribution in [3.8, 4) is 5.75 Å². The number of benzene rings is 1. The van der Waals surface area contributed by atoms with E-state index >= 15 is 0 Å². The van der Waals surface area contributed by atoms with Gasteiger partial charge in [0.2, 0.25) is 23.6 Å². The summed E-state index contributed by atoms with van der Waals surface area (Å²) in [6, 6.07) is 4.38. The fourth-order valence-corrected chi connectivity index (χ4v) is 5.90. The standard InChI is InChI=1S/C33H51N5O5/c1-9-21(5)27-30(39)34-17-15-23-11-13-24(14-12-23)43-26-16-18-38(29(26)32(41)36-27)33(42)25(19-20(3)4)35-31(40)28(37(7)8)22(6)10-2/h11-15,17,20-22,25-29H,9-10,16,18-19H2,1-8H3,(H,34,39)(H,35,40)(H,36,41)/b17-15-/t21-,22+,25+,26+,27+,28+,29+/m1/s1. The predicted molar refractivity (Wildman–Crippen MR) is 168 cm³/mol. The van der Waals surface area contributed by atoms with E-state index in [9.17, 15) is 19.2 Å². The Morgan fingerprint density at radius 3 is 2.30 bits per heavy atom. The average molecular weight is 598 g/mol. The summed E-state index contributed by atoms with van der Waals surface area (Å²) in [6.45, 7) is 12.2. The summed E-state index contributed by atoms with van der Waals surface area (Å²) in [7, 11) is 3.73. The van der Waals surface area contributed by atoms with Gasteiger partial charge in [-0.05, 0) is 62.0 Å². The Kier molecular flexibility index (Phi) is 12.2. The molecule has 0 aliphatic carbocycles. The second-order valence-corrected chi connectivity index (χ2v) is 12.7. The summed E-state index contributed by atoms with van der Waals surface area (Å²) in [5.74, 6) is -0.660. The van der Waals surface area contributed by atoms with Crippen molar-refractivity contribution in [2.75, 3.05) is 20.6 Å². The third kappa shape index (κ3) is 8.59. The monoisotopic (exact) mass is 597 g/mol. The van der Waals surface area contributed by atoms with Gasteiger partial charge in [-0.25, -0.2) is 0 Å². The van der Waals surface area contributed by atoms with Crippen LogP contribution in [0.4, 0.5) is 0 Å². The van der Waals surface area contributed by atoms with Gasteiger partial charge in [0, 0.05) is 19.2 Å². The lowest BCUT2D eigenvalue weighted by molar-refractivity contribution is -0.144. The molecular formula is C33H51N5O5. The van der Waals surface area contributed by atoms with Gasteiger partial charge in [0.1, 0.15) is 30.0 Å². The van der Waals surface area contributed by atoms with Crippen molar-refractivity contribution >= 4 is 29.7 Å². The Morgan fingerprint density at radius 2 is 1.72 bits per heavy atom. The van der Waals surface area contributed by atoms with Crippen LogP contribution in [-0.4, -0.2) is 84.3 Å². The van der Waals surface area contributed by atoms with Gasteiger partial charge >= 0.3 is 0 Å². The number of nitrogens with zero attached hydrogens (tertiary/aromatic N) is 2. The van der Waals surface area contributed by atoms with Crippen LogP contribution < -0.4 is 20.7 Å². The first-order valence-electron chi connectivity index (χ1n) is 15.7. The molecule has 1 saturated heterocycles. The Balaban J connectivity index is 1.98. The summed E-state index contributed by atoms with van der Waals surface area (Å²) >= 11 is 0. The quantitative estimate of drug-likeness (QED) is 0.381. The molecule has 1 fully saturated rings. The molecule has 4 rings (SSSR count). The molecule has 3 N–H and O–H groups in total. The number of carbonyl (C=O) groups is 4. The van der Waals surface area contributed by atoms with Gasteiger partial charge in [-0.1, -0.05) is 66.5 Å². The first-order chi connectivity index (χ1) is 20.4. The number of rotatable bonds is 10. The molecule has 0 spiro atoms. The predicted octanol–water partition coefficient (Wildman–Crippen LogP) is 3.17. The number of amides is 4. The summed E-state index contributed by atoms with van der Waals surface area (Å²) in [5, 5.41) is 8.78. The van der Waals surface area contributed by atoms with Crippen molar-refractivity contribution in [2.45, 2.75) is 97.5 Å². The van der Waals surface area contributed by atoms with Crippen LogP contribution in [0.15, 0.2) is 30.5 Å². The average Bonchev–Trinajstić information content (AvgIpc) is 3.38. The fraction of sp³-hybridized carbons (Fsp3) is 0.636. The molecule has 4 amide bonds. The molecule has 1 aromatic carbocycles. The SMILES string of the molecule is CC[C@@H](C)[C@@H]1NC(=O)[C@@H]2[C@H](CCN2C(=O)[C@H](CC(C)C)NC(=O)[C@H]([C@@H](C)CC)N(C)C)Oc2ccc(cc2)/C=C\NC1=O. The van der Waals surface area contributed by atoms with Gasteiger partial charge in [-0.3, -0.25) is 24.1 Å². The molecule has 0 aromatic heterocycles. The minimum Gasteiger partial charge on any atom is -0.488 e. The Bertz CT molecular complexity index is 1150. The molecule has 1 aromatic rings. The molecule has 3 aliphatic rings. The van der Waals surface area contributed by atoms with Crippen molar-refractivity contribution < 1.29 is 23.9 Å². The summed E-state index contributed by atoms with van der Waals surface area (Å²) in [6.07, 6.45) is 5.07. The summed E-state index contributed by atoms with van der Waals surface area (Å²) < 4.78 is 6.32. The lowest BCUT2D eigenvalue weighted by atomic mass is 9.95. The van der Waals surface area contributed by atoms with Crippen LogP contribution >= 0.6 is 0 Å². The number of carbonyl (C=O) groups excluding carboxylic acids is 4. The number of fused-ring (bicyclic) bond motifs is 7. The molecule has 0 unspecified atom stereocenters. The van der Waals surface area contributed by atoms with Crippen LogP contribution in [0.5, 0.6) is 5.75 Å².